The fourth-order valence-corrected chi connectivity index (χ4v) is 3.97. The molecule has 5 nitrogen and oxygen atoms in total. The van der Waals surface area contributed by atoms with Crippen LogP contribution in [-0.2, 0) is 29.1 Å². The zero-order valence-electron chi connectivity index (χ0n) is 15.6. The number of hydrogen-bond donors (Lipinski definition) is 1. The number of anilines is 1. The lowest BCUT2D eigenvalue weighted by Crippen LogP contribution is -2.48. The van der Waals surface area contributed by atoms with E-state index in [0.29, 0.717) is 13.0 Å². The third-order valence-corrected chi connectivity index (χ3v) is 5.57. The quantitative estimate of drug-likeness (QED) is 0.908. The predicted octanol–water partition coefficient (Wildman–Crippen LogP) is 2.49. The van der Waals surface area contributed by atoms with E-state index in [1.165, 1.54) is 11.1 Å². The molecule has 1 saturated heterocycles. The van der Waals surface area contributed by atoms with Crippen molar-refractivity contribution in [1.82, 2.24) is 10.2 Å². The highest BCUT2D eigenvalue weighted by Gasteiger charge is 2.28. The van der Waals surface area contributed by atoms with Crippen LogP contribution >= 0.6 is 0 Å². The van der Waals surface area contributed by atoms with Crippen LogP contribution in [0.4, 0.5) is 5.69 Å². The van der Waals surface area contributed by atoms with Gasteiger partial charge in [0.05, 0.1) is 6.04 Å². The summed E-state index contributed by atoms with van der Waals surface area (Å²) in [5.41, 5.74) is 4.54. The van der Waals surface area contributed by atoms with E-state index in [9.17, 15) is 9.59 Å². The van der Waals surface area contributed by atoms with Crippen LogP contribution in [0.5, 0.6) is 0 Å². The minimum absolute atomic E-state index is 0.0609. The van der Waals surface area contributed by atoms with Crippen LogP contribution in [-0.4, -0.2) is 36.3 Å². The fraction of sp³-hybridized carbons (Fsp3) is 0.364. The van der Waals surface area contributed by atoms with Gasteiger partial charge in [-0.1, -0.05) is 36.4 Å². The summed E-state index contributed by atoms with van der Waals surface area (Å²) in [5, 5.41) is 3.07. The number of benzene rings is 2. The van der Waals surface area contributed by atoms with Gasteiger partial charge in [0.25, 0.3) is 0 Å². The van der Waals surface area contributed by atoms with Crippen molar-refractivity contribution in [1.29, 1.82) is 0 Å². The van der Waals surface area contributed by atoms with Crippen LogP contribution in [0, 0.1) is 0 Å². The zero-order chi connectivity index (χ0) is 18.8. The van der Waals surface area contributed by atoms with E-state index >= 15 is 0 Å². The smallest absolute Gasteiger partial charge is 0.237 e. The first-order chi connectivity index (χ1) is 13.1. The molecular weight excluding hydrogens is 338 g/mol. The molecule has 2 aromatic carbocycles. The summed E-state index contributed by atoms with van der Waals surface area (Å²) in [6.07, 6.45) is 2.30. The lowest BCUT2D eigenvalue weighted by molar-refractivity contribution is -0.126. The van der Waals surface area contributed by atoms with E-state index in [1.54, 1.807) is 0 Å². The Morgan fingerprint density at radius 1 is 1.11 bits per heavy atom. The molecule has 0 radical (unpaired) electrons. The molecule has 1 N–H and O–H groups in total. The monoisotopic (exact) mass is 363 g/mol. The van der Waals surface area contributed by atoms with Gasteiger partial charge in [0, 0.05) is 31.7 Å². The number of nitrogens with one attached hydrogen (secondary N) is 1. The van der Waals surface area contributed by atoms with Crippen LogP contribution in [0.2, 0.25) is 0 Å². The maximum atomic E-state index is 12.7. The first-order valence-electron chi connectivity index (χ1n) is 9.56. The molecule has 2 aromatic rings. The Bertz CT molecular complexity index is 847. The molecule has 2 heterocycles. The van der Waals surface area contributed by atoms with Gasteiger partial charge in [-0.3, -0.25) is 14.5 Å². The van der Waals surface area contributed by atoms with E-state index in [2.05, 4.69) is 22.3 Å². The second kappa shape index (κ2) is 7.53. The van der Waals surface area contributed by atoms with Gasteiger partial charge in [-0.05, 0) is 48.7 Å². The molecule has 2 aliphatic rings. The molecule has 0 bridgehead atoms. The third-order valence-electron chi connectivity index (χ3n) is 5.57. The molecule has 5 heteroatoms. The number of likely N-dealkylation sites (N-methyl/N-ethyl adjacent to an activating group) is 1. The second-order valence-corrected chi connectivity index (χ2v) is 7.44. The van der Waals surface area contributed by atoms with Gasteiger partial charge in [0.2, 0.25) is 11.8 Å². The van der Waals surface area contributed by atoms with Crippen molar-refractivity contribution in [3.05, 3.63) is 65.2 Å². The van der Waals surface area contributed by atoms with Gasteiger partial charge in [-0.2, -0.15) is 0 Å². The van der Waals surface area contributed by atoms with Crippen molar-refractivity contribution >= 4 is 17.5 Å². The van der Waals surface area contributed by atoms with Crippen LogP contribution < -0.4 is 10.2 Å². The molecule has 0 aromatic heterocycles. The number of hydrogen-bond acceptors (Lipinski definition) is 3. The summed E-state index contributed by atoms with van der Waals surface area (Å²) in [5.74, 6) is 0.252. The standard InChI is InChI=1S/C22H25N3O2/c1-24-15-18-6-3-2-5-17(18)13-20(24)22(27)23-14-16-8-10-19(11-9-16)25-12-4-7-21(25)26/h2-3,5-6,8-11,20H,4,7,12-15H2,1H3,(H,23,27). The maximum absolute atomic E-state index is 12.7. The van der Waals surface area contributed by atoms with E-state index in [-0.39, 0.29) is 17.9 Å². The summed E-state index contributed by atoms with van der Waals surface area (Å²) in [6.45, 7) is 2.09. The highest BCUT2D eigenvalue weighted by atomic mass is 16.2. The van der Waals surface area contributed by atoms with Crippen molar-refractivity contribution in [3.63, 3.8) is 0 Å². The molecule has 2 aliphatic heterocycles. The molecule has 2 amide bonds. The minimum Gasteiger partial charge on any atom is -0.351 e. The molecular formula is C22H25N3O2. The van der Waals surface area contributed by atoms with Crippen LogP contribution in [0.3, 0.4) is 0 Å². The number of rotatable bonds is 4. The van der Waals surface area contributed by atoms with E-state index in [1.807, 2.05) is 48.3 Å². The predicted molar refractivity (Wildman–Crippen MR) is 105 cm³/mol. The maximum Gasteiger partial charge on any atom is 0.237 e. The zero-order valence-corrected chi connectivity index (χ0v) is 15.6. The first kappa shape index (κ1) is 17.7. The lowest BCUT2D eigenvalue weighted by Gasteiger charge is -2.33. The summed E-state index contributed by atoms with van der Waals surface area (Å²) < 4.78 is 0. The number of carbonyl (C=O) groups is 2. The molecule has 140 valence electrons. The van der Waals surface area contributed by atoms with Crippen molar-refractivity contribution in [2.75, 3.05) is 18.5 Å². The van der Waals surface area contributed by atoms with Gasteiger partial charge in [0.15, 0.2) is 0 Å². The van der Waals surface area contributed by atoms with Gasteiger partial charge in [0.1, 0.15) is 0 Å². The Hall–Kier alpha value is -2.66. The topological polar surface area (TPSA) is 52.7 Å². The Balaban J connectivity index is 1.36. The highest BCUT2D eigenvalue weighted by Crippen LogP contribution is 2.23. The number of fused-ring (bicyclic) bond motifs is 1. The Kier molecular flexibility index (Phi) is 4.94. The Morgan fingerprint density at radius 2 is 1.85 bits per heavy atom. The summed E-state index contributed by atoms with van der Waals surface area (Å²) in [6, 6.07) is 16.1. The van der Waals surface area contributed by atoms with Crippen LogP contribution in [0.25, 0.3) is 0 Å². The SMILES string of the molecule is CN1Cc2ccccc2CC1C(=O)NCc1ccc(N2CCCC2=O)cc1. The molecule has 1 fully saturated rings. The largest absolute Gasteiger partial charge is 0.351 e. The molecule has 4 rings (SSSR count). The molecule has 0 spiro atoms. The van der Waals surface area contributed by atoms with E-state index < -0.39 is 0 Å². The minimum atomic E-state index is -0.138. The summed E-state index contributed by atoms with van der Waals surface area (Å²) in [4.78, 5) is 28.5. The van der Waals surface area contributed by atoms with Crippen molar-refractivity contribution in [3.8, 4) is 0 Å². The normalized spacial score (nSPS) is 19.8. The van der Waals surface area contributed by atoms with Crippen LogP contribution in [0.1, 0.15) is 29.5 Å². The first-order valence-corrected chi connectivity index (χ1v) is 9.56. The summed E-state index contributed by atoms with van der Waals surface area (Å²) >= 11 is 0. The fourth-order valence-electron chi connectivity index (χ4n) is 3.97. The summed E-state index contributed by atoms with van der Waals surface area (Å²) in [7, 11) is 2.00. The molecule has 0 saturated carbocycles. The number of nitrogens with zero attached hydrogens (tertiary/aromatic N) is 2. The van der Waals surface area contributed by atoms with Crippen molar-refractivity contribution in [2.24, 2.45) is 0 Å². The molecule has 1 unspecified atom stereocenters. The second-order valence-electron chi connectivity index (χ2n) is 7.44. The number of amides is 2. The average Bonchev–Trinajstić information content (AvgIpc) is 3.12. The Labute approximate surface area is 160 Å². The van der Waals surface area contributed by atoms with Gasteiger partial charge >= 0.3 is 0 Å². The van der Waals surface area contributed by atoms with Gasteiger partial charge in [-0.25, -0.2) is 0 Å². The van der Waals surface area contributed by atoms with E-state index in [4.69, 9.17) is 0 Å². The van der Waals surface area contributed by atoms with Crippen molar-refractivity contribution in [2.45, 2.75) is 38.4 Å². The van der Waals surface area contributed by atoms with E-state index in [0.717, 1.165) is 37.2 Å². The average molecular weight is 363 g/mol. The van der Waals surface area contributed by atoms with Gasteiger partial charge in [-0.15, -0.1) is 0 Å². The highest BCUT2D eigenvalue weighted by molar-refractivity contribution is 5.95. The molecule has 1 atom stereocenters. The van der Waals surface area contributed by atoms with Crippen LogP contribution in [0.15, 0.2) is 48.5 Å². The number of carbonyl (C=O) groups excluding carboxylic acids is 2. The lowest BCUT2D eigenvalue weighted by atomic mass is 9.94. The molecule has 27 heavy (non-hydrogen) atoms. The van der Waals surface area contributed by atoms with Gasteiger partial charge < -0.3 is 10.2 Å². The Morgan fingerprint density at radius 3 is 2.56 bits per heavy atom. The van der Waals surface area contributed by atoms with Crippen molar-refractivity contribution < 1.29 is 9.59 Å². The third kappa shape index (κ3) is 3.74. The molecule has 0 aliphatic carbocycles.